The Balaban J connectivity index is 5.75. The third-order valence-electron chi connectivity index (χ3n) is 11.1. The number of nitrogens with zero attached hydrogens (tertiary/aromatic N) is 1. The molecule has 0 aliphatic carbocycles. The standard InChI is InChI=1S/C50H91NO12/c1-7-11-15-25-36-58-44(52)30-21-17-23-32-46(54)60-39-50(41-62-48(56)34-27-35-51(5)6,42-63-49(57)38-43(28-19-13-9-3)29-20-14-10-4)40-61-47(55)33-24-18-22-31-45(53)59-37-26-16-12-8-2/h43H,7-42H2,1-6H3. The zero-order chi connectivity index (χ0) is 46.8. The van der Waals surface area contributed by atoms with Gasteiger partial charge < -0.3 is 33.3 Å². The molecule has 0 radical (unpaired) electrons. The smallest absolute Gasteiger partial charge is 0.306 e. The van der Waals surface area contributed by atoms with E-state index < -0.39 is 29.3 Å². The highest BCUT2D eigenvalue weighted by Gasteiger charge is 2.38. The molecule has 13 nitrogen and oxygen atoms in total. The molecule has 0 aliphatic rings. The minimum absolute atomic E-state index is 0.0929. The zero-order valence-electron chi connectivity index (χ0n) is 40.9. The van der Waals surface area contributed by atoms with Gasteiger partial charge in [0.25, 0.3) is 0 Å². The van der Waals surface area contributed by atoms with Crippen molar-refractivity contribution >= 4 is 35.8 Å². The molecule has 0 N–H and O–H groups in total. The van der Waals surface area contributed by atoms with Crippen LogP contribution in [0.1, 0.15) is 214 Å². The predicted octanol–water partition coefficient (Wildman–Crippen LogP) is 10.8. The number of carbonyl (C=O) groups excluding carboxylic acids is 6. The van der Waals surface area contributed by atoms with Crippen molar-refractivity contribution in [3.05, 3.63) is 0 Å². The van der Waals surface area contributed by atoms with E-state index in [1.165, 1.54) is 0 Å². The van der Waals surface area contributed by atoms with Crippen molar-refractivity contribution in [3.8, 4) is 0 Å². The molecule has 0 aliphatic heterocycles. The Morgan fingerprint density at radius 1 is 0.381 bits per heavy atom. The fourth-order valence-electron chi connectivity index (χ4n) is 6.95. The number of ether oxygens (including phenoxy) is 6. The van der Waals surface area contributed by atoms with Crippen LogP contribution in [0.2, 0.25) is 0 Å². The number of rotatable bonds is 44. The van der Waals surface area contributed by atoms with Crippen molar-refractivity contribution in [3.63, 3.8) is 0 Å². The second-order valence-corrected chi connectivity index (χ2v) is 17.8. The Bertz CT molecular complexity index is 1130. The Kier molecular flexibility index (Phi) is 39.4. The molecule has 0 atom stereocenters. The maximum Gasteiger partial charge on any atom is 0.306 e. The normalized spacial score (nSPS) is 11.4. The maximum absolute atomic E-state index is 13.5. The van der Waals surface area contributed by atoms with Gasteiger partial charge in [-0.05, 0) is 84.3 Å². The maximum atomic E-state index is 13.5. The van der Waals surface area contributed by atoms with E-state index in [-0.39, 0.29) is 82.8 Å². The molecule has 0 aromatic carbocycles. The van der Waals surface area contributed by atoms with Gasteiger partial charge in [-0.2, -0.15) is 0 Å². The van der Waals surface area contributed by atoms with E-state index in [2.05, 4.69) is 27.7 Å². The highest BCUT2D eigenvalue weighted by molar-refractivity contribution is 5.72. The van der Waals surface area contributed by atoms with Gasteiger partial charge in [0.1, 0.15) is 31.8 Å². The molecule has 0 spiro atoms. The minimum Gasteiger partial charge on any atom is -0.466 e. The monoisotopic (exact) mass is 898 g/mol. The third-order valence-corrected chi connectivity index (χ3v) is 11.1. The highest BCUT2D eigenvalue weighted by atomic mass is 16.6. The van der Waals surface area contributed by atoms with Crippen LogP contribution >= 0.6 is 0 Å². The molecular formula is C50H91NO12. The molecule has 0 unspecified atom stereocenters. The average molecular weight is 898 g/mol. The first-order chi connectivity index (χ1) is 30.4. The predicted molar refractivity (Wildman–Crippen MR) is 247 cm³/mol. The molecule has 0 heterocycles. The summed E-state index contributed by atoms with van der Waals surface area (Å²) in [6.45, 7) is 8.92. The van der Waals surface area contributed by atoms with Gasteiger partial charge >= 0.3 is 35.8 Å². The van der Waals surface area contributed by atoms with Gasteiger partial charge in [-0.1, -0.05) is 118 Å². The molecule has 0 bridgehead atoms. The summed E-state index contributed by atoms with van der Waals surface area (Å²) in [4.78, 5) is 78.8. The van der Waals surface area contributed by atoms with E-state index in [0.29, 0.717) is 64.7 Å². The number of esters is 6. The summed E-state index contributed by atoms with van der Waals surface area (Å²) in [5, 5.41) is 0. The summed E-state index contributed by atoms with van der Waals surface area (Å²) in [7, 11) is 3.83. The Labute approximate surface area is 382 Å². The van der Waals surface area contributed by atoms with Crippen LogP contribution in [-0.4, -0.2) is 101 Å². The van der Waals surface area contributed by atoms with Crippen LogP contribution < -0.4 is 0 Å². The molecule has 0 fully saturated rings. The molecule has 63 heavy (non-hydrogen) atoms. The molecule has 0 aromatic rings. The van der Waals surface area contributed by atoms with Crippen LogP contribution in [0, 0.1) is 11.3 Å². The lowest BCUT2D eigenvalue weighted by molar-refractivity contribution is -0.171. The Hall–Kier alpha value is -3.22. The lowest BCUT2D eigenvalue weighted by atomic mass is 9.91. The van der Waals surface area contributed by atoms with Crippen molar-refractivity contribution in [2.24, 2.45) is 11.3 Å². The van der Waals surface area contributed by atoms with Crippen LogP contribution in [0.15, 0.2) is 0 Å². The first-order valence-electron chi connectivity index (χ1n) is 25.0. The van der Waals surface area contributed by atoms with Crippen LogP contribution in [0.4, 0.5) is 0 Å². The van der Waals surface area contributed by atoms with Crippen LogP contribution in [0.25, 0.3) is 0 Å². The first-order valence-corrected chi connectivity index (χ1v) is 25.0. The highest BCUT2D eigenvalue weighted by Crippen LogP contribution is 2.26. The van der Waals surface area contributed by atoms with Crippen molar-refractivity contribution in [1.82, 2.24) is 4.90 Å². The summed E-state index contributed by atoms with van der Waals surface area (Å²) in [6, 6.07) is 0. The average Bonchev–Trinajstić information content (AvgIpc) is 3.25. The van der Waals surface area contributed by atoms with Gasteiger partial charge in [0, 0.05) is 38.5 Å². The lowest BCUT2D eigenvalue weighted by Crippen LogP contribution is -2.44. The van der Waals surface area contributed by atoms with E-state index in [1.54, 1.807) is 0 Å². The molecule has 0 saturated carbocycles. The molecule has 13 heteroatoms. The van der Waals surface area contributed by atoms with Gasteiger partial charge in [0.15, 0.2) is 0 Å². The lowest BCUT2D eigenvalue weighted by Gasteiger charge is -2.32. The van der Waals surface area contributed by atoms with E-state index in [4.69, 9.17) is 28.4 Å². The first kappa shape index (κ1) is 59.8. The summed E-state index contributed by atoms with van der Waals surface area (Å²) in [5.41, 5.74) is -1.35. The van der Waals surface area contributed by atoms with Crippen LogP contribution in [-0.2, 0) is 57.2 Å². The number of carbonyl (C=O) groups is 6. The van der Waals surface area contributed by atoms with Crippen molar-refractivity contribution < 1.29 is 57.2 Å². The Morgan fingerprint density at radius 2 is 0.698 bits per heavy atom. The van der Waals surface area contributed by atoms with E-state index in [1.807, 2.05) is 19.0 Å². The van der Waals surface area contributed by atoms with Gasteiger partial charge in [-0.15, -0.1) is 0 Å². The van der Waals surface area contributed by atoms with E-state index >= 15 is 0 Å². The summed E-state index contributed by atoms with van der Waals surface area (Å²) in [5.74, 6) is -2.15. The zero-order valence-corrected chi connectivity index (χ0v) is 40.9. The summed E-state index contributed by atoms with van der Waals surface area (Å²) < 4.78 is 33.8. The van der Waals surface area contributed by atoms with Gasteiger partial charge in [-0.3, -0.25) is 28.8 Å². The third kappa shape index (κ3) is 37.8. The largest absolute Gasteiger partial charge is 0.466 e. The summed E-state index contributed by atoms with van der Waals surface area (Å²) in [6.07, 6.45) is 21.7. The fraction of sp³-hybridized carbons (Fsp3) is 0.880. The molecule has 0 rings (SSSR count). The van der Waals surface area contributed by atoms with E-state index in [0.717, 1.165) is 103 Å². The van der Waals surface area contributed by atoms with Crippen molar-refractivity contribution in [2.75, 3.05) is 60.3 Å². The van der Waals surface area contributed by atoms with Crippen molar-refractivity contribution in [2.45, 2.75) is 214 Å². The number of unbranched alkanes of at least 4 members (excludes halogenated alkanes) is 14. The number of hydrogen-bond donors (Lipinski definition) is 0. The number of hydrogen-bond acceptors (Lipinski definition) is 13. The van der Waals surface area contributed by atoms with Gasteiger partial charge in [-0.25, -0.2) is 0 Å². The van der Waals surface area contributed by atoms with Gasteiger partial charge in [0.2, 0.25) is 0 Å². The minimum atomic E-state index is -1.35. The quantitative estimate of drug-likeness (QED) is 0.0323. The van der Waals surface area contributed by atoms with Crippen molar-refractivity contribution in [1.29, 1.82) is 0 Å². The molecule has 0 aromatic heterocycles. The SMILES string of the molecule is CCCCCCOC(=O)CCCCCC(=O)OCC(COC(=O)CCCCCC(=O)OCCCCCC)(COC(=O)CCCN(C)C)COC(=O)CC(CCCCC)CCCCC. The topological polar surface area (TPSA) is 161 Å². The molecular weight excluding hydrogens is 807 g/mol. The Morgan fingerprint density at radius 3 is 1.06 bits per heavy atom. The molecule has 368 valence electrons. The van der Waals surface area contributed by atoms with Gasteiger partial charge in [0.05, 0.1) is 13.2 Å². The molecule has 0 saturated heterocycles. The van der Waals surface area contributed by atoms with Crippen LogP contribution in [0.3, 0.4) is 0 Å². The second kappa shape index (κ2) is 41.5. The van der Waals surface area contributed by atoms with Crippen LogP contribution in [0.5, 0.6) is 0 Å². The second-order valence-electron chi connectivity index (χ2n) is 17.8. The summed E-state index contributed by atoms with van der Waals surface area (Å²) >= 11 is 0. The van der Waals surface area contributed by atoms with E-state index in [9.17, 15) is 28.8 Å². The fourth-order valence-corrected chi connectivity index (χ4v) is 6.95. The molecule has 0 amide bonds.